The topological polar surface area (TPSA) is 23.8 Å². The van der Waals surface area contributed by atoms with Gasteiger partial charge in [-0.1, -0.05) is 54.6 Å². The SMILES string of the molecule is C=CCc1c(C#N)c2ccccc2c2ccccc12. The molecule has 0 saturated carbocycles. The van der Waals surface area contributed by atoms with E-state index in [9.17, 15) is 5.26 Å². The van der Waals surface area contributed by atoms with Gasteiger partial charge in [0.25, 0.3) is 0 Å². The van der Waals surface area contributed by atoms with Gasteiger partial charge in [0.2, 0.25) is 0 Å². The lowest BCUT2D eigenvalue weighted by Gasteiger charge is -2.12. The van der Waals surface area contributed by atoms with Gasteiger partial charge in [-0.25, -0.2) is 0 Å². The van der Waals surface area contributed by atoms with Crippen molar-refractivity contribution in [2.45, 2.75) is 6.42 Å². The Morgan fingerprint density at radius 2 is 1.42 bits per heavy atom. The van der Waals surface area contributed by atoms with E-state index in [1.807, 2.05) is 36.4 Å². The van der Waals surface area contributed by atoms with Crippen LogP contribution in [0.15, 0.2) is 61.2 Å². The lowest BCUT2D eigenvalue weighted by atomic mass is 9.91. The highest BCUT2D eigenvalue weighted by atomic mass is 14.3. The van der Waals surface area contributed by atoms with Gasteiger partial charge in [0.05, 0.1) is 5.56 Å². The van der Waals surface area contributed by atoms with Crippen LogP contribution in [-0.2, 0) is 6.42 Å². The van der Waals surface area contributed by atoms with Gasteiger partial charge in [0.15, 0.2) is 0 Å². The third-order valence-electron chi connectivity index (χ3n) is 3.50. The zero-order chi connectivity index (χ0) is 13.2. The maximum absolute atomic E-state index is 9.52. The van der Waals surface area contributed by atoms with Crippen LogP contribution in [0, 0.1) is 11.3 Å². The largest absolute Gasteiger partial charge is 0.192 e. The molecule has 0 spiro atoms. The van der Waals surface area contributed by atoms with Crippen LogP contribution < -0.4 is 0 Å². The summed E-state index contributed by atoms with van der Waals surface area (Å²) in [6.07, 6.45) is 2.58. The van der Waals surface area contributed by atoms with E-state index in [0.29, 0.717) is 6.42 Å². The molecule has 0 aliphatic rings. The summed E-state index contributed by atoms with van der Waals surface area (Å²) in [4.78, 5) is 0. The van der Waals surface area contributed by atoms with Crippen molar-refractivity contribution in [2.24, 2.45) is 0 Å². The number of hydrogen-bond acceptors (Lipinski definition) is 1. The average molecular weight is 243 g/mol. The quantitative estimate of drug-likeness (QED) is 0.477. The Kier molecular flexibility index (Phi) is 2.78. The van der Waals surface area contributed by atoms with Crippen molar-refractivity contribution < 1.29 is 0 Å². The van der Waals surface area contributed by atoms with Gasteiger partial charge in [-0.05, 0) is 28.1 Å². The minimum absolute atomic E-state index is 0.717. The summed E-state index contributed by atoms with van der Waals surface area (Å²) in [6.45, 7) is 3.81. The lowest BCUT2D eigenvalue weighted by Crippen LogP contribution is -1.93. The highest BCUT2D eigenvalue weighted by Crippen LogP contribution is 2.32. The first kappa shape index (κ1) is 11.5. The predicted molar refractivity (Wildman–Crippen MR) is 80.1 cm³/mol. The number of allylic oxidation sites excluding steroid dienone is 1. The maximum atomic E-state index is 9.52. The van der Waals surface area contributed by atoms with Gasteiger partial charge in [0, 0.05) is 5.39 Å². The van der Waals surface area contributed by atoms with E-state index in [1.54, 1.807) is 0 Å². The highest BCUT2D eigenvalue weighted by molar-refractivity contribution is 6.11. The van der Waals surface area contributed by atoms with Crippen LogP contribution in [0.1, 0.15) is 11.1 Å². The molecule has 90 valence electrons. The normalized spacial score (nSPS) is 10.5. The van der Waals surface area contributed by atoms with Crippen molar-refractivity contribution in [3.8, 4) is 6.07 Å². The fourth-order valence-corrected chi connectivity index (χ4v) is 2.70. The number of hydrogen-bond donors (Lipinski definition) is 0. The van der Waals surface area contributed by atoms with Gasteiger partial charge in [-0.2, -0.15) is 5.26 Å². The molecule has 0 bridgehead atoms. The highest BCUT2D eigenvalue weighted by Gasteiger charge is 2.12. The molecule has 3 rings (SSSR count). The third-order valence-corrected chi connectivity index (χ3v) is 3.50. The fraction of sp³-hybridized carbons (Fsp3) is 0.0556. The second-order valence-electron chi connectivity index (χ2n) is 4.55. The Hall–Kier alpha value is -2.59. The molecule has 0 saturated heterocycles. The molecule has 3 aromatic rings. The Bertz CT molecular complexity index is 822. The molecule has 0 aromatic heterocycles. The molecule has 0 fully saturated rings. The molecule has 0 amide bonds. The Morgan fingerprint density at radius 1 is 0.895 bits per heavy atom. The van der Waals surface area contributed by atoms with Crippen molar-refractivity contribution in [2.75, 3.05) is 0 Å². The molecule has 1 heteroatoms. The van der Waals surface area contributed by atoms with Crippen LogP contribution >= 0.6 is 0 Å². The number of nitrogens with zero attached hydrogens (tertiary/aromatic N) is 1. The van der Waals surface area contributed by atoms with E-state index in [1.165, 1.54) is 5.39 Å². The monoisotopic (exact) mass is 243 g/mol. The van der Waals surface area contributed by atoms with Gasteiger partial charge >= 0.3 is 0 Å². The number of fused-ring (bicyclic) bond motifs is 3. The van der Waals surface area contributed by atoms with E-state index >= 15 is 0 Å². The van der Waals surface area contributed by atoms with E-state index in [4.69, 9.17) is 0 Å². The summed E-state index contributed by atoms with van der Waals surface area (Å²) >= 11 is 0. The standard InChI is InChI=1S/C18H13N/c1-2-7-13-14-8-3-4-9-15(14)16-10-5-6-11-17(16)18(13)12-19/h2-6,8-11H,1,7H2. The van der Waals surface area contributed by atoms with Crippen molar-refractivity contribution in [3.63, 3.8) is 0 Å². The molecule has 3 aromatic carbocycles. The van der Waals surface area contributed by atoms with Crippen molar-refractivity contribution in [1.82, 2.24) is 0 Å². The molecule has 0 atom stereocenters. The summed E-state index contributed by atoms with van der Waals surface area (Å²) in [5.74, 6) is 0. The van der Waals surface area contributed by atoms with Crippen molar-refractivity contribution in [1.29, 1.82) is 5.26 Å². The molecule has 0 heterocycles. The van der Waals surface area contributed by atoms with Crippen LogP contribution in [0.5, 0.6) is 0 Å². The first-order chi connectivity index (χ1) is 9.36. The van der Waals surface area contributed by atoms with Crippen LogP contribution in [0.3, 0.4) is 0 Å². The van der Waals surface area contributed by atoms with E-state index < -0.39 is 0 Å². The van der Waals surface area contributed by atoms with Crippen molar-refractivity contribution >= 4 is 21.5 Å². The summed E-state index contributed by atoms with van der Waals surface area (Å²) in [6, 6.07) is 18.7. The minimum atomic E-state index is 0.717. The van der Waals surface area contributed by atoms with Crippen LogP contribution in [0.4, 0.5) is 0 Å². The first-order valence-electron chi connectivity index (χ1n) is 6.30. The Morgan fingerprint density at radius 3 is 2.00 bits per heavy atom. The first-order valence-corrected chi connectivity index (χ1v) is 6.30. The van der Waals surface area contributed by atoms with Crippen LogP contribution in [0.2, 0.25) is 0 Å². The Balaban J connectivity index is 2.61. The van der Waals surface area contributed by atoms with Gasteiger partial charge in [-0.15, -0.1) is 6.58 Å². The predicted octanol–water partition coefficient (Wildman–Crippen LogP) is 4.59. The van der Waals surface area contributed by atoms with Gasteiger partial charge in [0.1, 0.15) is 6.07 Å². The molecule has 0 N–H and O–H groups in total. The smallest absolute Gasteiger partial charge is 0.100 e. The van der Waals surface area contributed by atoms with E-state index in [0.717, 1.165) is 27.3 Å². The van der Waals surface area contributed by atoms with Gasteiger partial charge in [-0.3, -0.25) is 0 Å². The Labute approximate surface area is 112 Å². The molecular formula is C18H13N. The molecule has 0 unspecified atom stereocenters. The van der Waals surface area contributed by atoms with Gasteiger partial charge < -0.3 is 0 Å². The molecule has 0 aliphatic heterocycles. The van der Waals surface area contributed by atoms with E-state index in [2.05, 4.69) is 30.8 Å². The van der Waals surface area contributed by atoms with E-state index in [-0.39, 0.29) is 0 Å². The number of rotatable bonds is 2. The lowest BCUT2D eigenvalue weighted by molar-refractivity contribution is 1.29. The number of nitriles is 1. The second-order valence-corrected chi connectivity index (χ2v) is 4.55. The van der Waals surface area contributed by atoms with Crippen molar-refractivity contribution in [3.05, 3.63) is 72.3 Å². The summed E-state index contributed by atoms with van der Waals surface area (Å²) in [5, 5.41) is 14.0. The second kappa shape index (κ2) is 4.59. The fourth-order valence-electron chi connectivity index (χ4n) is 2.70. The zero-order valence-electron chi connectivity index (χ0n) is 10.6. The zero-order valence-corrected chi connectivity index (χ0v) is 10.6. The number of benzene rings is 3. The molecule has 1 nitrogen and oxygen atoms in total. The summed E-state index contributed by atoms with van der Waals surface area (Å²) < 4.78 is 0. The summed E-state index contributed by atoms with van der Waals surface area (Å²) in [7, 11) is 0. The van der Waals surface area contributed by atoms with Crippen LogP contribution in [-0.4, -0.2) is 0 Å². The molecule has 0 radical (unpaired) electrons. The molecular weight excluding hydrogens is 230 g/mol. The summed E-state index contributed by atoms with van der Waals surface area (Å²) in [5.41, 5.74) is 1.85. The maximum Gasteiger partial charge on any atom is 0.100 e. The third kappa shape index (κ3) is 1.70. The molecule has 19 heavy (non-hydrogen) atoms. The average Bonchev–Trinajstić information content (AvgIpc) is 2.48. The van der Waals surface area contributed by atoms with Crippen LogP contribution in [0.25, 0.3) is 21.5 Å². The molecule has 0 aliphatic carbocycles. The minimum Gasteiger partial charge on any atom is -0.192 e.